The quantitative estimate of drug-likeness (QED) is 0.838. The van der Waals surface area contributed by atoms with Gasteiger partial charge < -0.3 is 14.8 Å². The van der Waals surface area contributed by atoms with Crippen LogP contribution in [0.4, 0.5) is 0 Å². The van der Waals surface area contributed by atoms with Crippen molar-refractivity contribution < 1.29 is 9.47 Å². The molecule has 0 amide bonds. The van der Waals surface area contributed by atoms with Gasteiger partial charge in [-0.05, 0) is 43.4 Å². The Morgan fingerprint density at radius 1 is 1.20 bits per heavy atom. The van der Waals surface area contributed by atoms with Crippen LogP contribution in [0.15, 0.2) is 24.3 Å². The fourth-order valence-corrected chi connectivity index (χ4v) is 2.79. The van der Waals surface area contributed by atoms with Gasteiger partial charge in [-0.2, -0.15) is 0 Å². The number of halogens is 1. The van der Waals surface area contributed by atoms with Crippen LogP contribution < -0.4 is 5.32 Å². The van der Waals surface area contributed by atoms with Crippen molar-refractivity contribution in [1.82, 2.24) is 5.32 Å². The van der Waals surface area contributed by atoms with Crippen molar-refractivity contribution in [2.45, 2.75) is 50.5 Å². The number of hydrogen-bond acceptors (Lipinski definition) is 3. The molecule has 1 aliphatic heterocycles. The maximum Gasteiger partial charge on any atom is 0.0814 e. The van der Waals surface area contributed by atoms with E-state index < -0.39 is 0 Å². The minimum absolute atomic E-state index is 0.250. The largest absolute Gasteiger partial charge is 0.374 e. The van der Waals surface area contributed by atoms with Gasteiger partial charge in [0.2, 0.25) is 0 Å². The van der Waals surface area contributed by atoms with Gasteiger partial charge in [0.05, 0.1) is 25.4 Å². The highest BCUT2D eigenvalue weighted by molar-refractivity contribution is 6.30. The van der Waals surface area contributed by atoms with Crippen LogP contribution >= 0.6 is 11.6 Å². The van der Waals surface area contributed by atoms with Crippen LogP contribution in [0.1, 0.15) is 31.2 Å². The van der Waals surface area contributed by atoms with Crippen molar-refractivity contribution in [1.29, 1.82) is 0 Å². The second-order valence-electron chi connectivity index (χ2n) is 5.79. The normalized spacial score (nSPS) is 26.1. The molecule has 3 nitrogen and oxygen atoms in total. The average Bonchev–Trinajstić information content (AvgIpc) is 3.16. The van der Waals surface area contributed by atoms with Crippen molar-refractivity contribution in [3.8, 4) is 0 Å². The molecule has 20 heavy (non-hydrogen) atoms. The van der Waals surface area contributed by atoms with E-state index in [0.717, 1.165) is 36.0 Å². The van der Waals surface area contributed by atoms with Crippen LogP contribution in [0.2, 0.25) is 5.02 Å². The maximum absolute atomic E-state index is 5.99. The molecule has 2 atom stereocenters. The molecule has 0 radical (unpaired) electrons. The summed E-state index contributed by atoms with van der Waals surface area (Å²) in [4.78, 5) is 0. The summed E-state index contributed by atoms with van der Waals surface area (Å²) in [5, 5.41) is 4.29. The molecule has 1 aromatic rings. The SMILES string of the molecule is Clc1cccc(COCC2CCC(CNC3CC3)O2)c1. The predicted molar refractivity (Wildman–Crippen MR) is 80.0 cm³/mol. The maximum atomic E-state index is 5.99. The first kappa shape index (κ1) is 14.3. The van der Waals surface area contributed by atoms with Crippen LogP contribution in [-0.4, -0.2) is 31.4 Å². The fourth-order valence-electron chi connectivity index (χ4n) is 2.57. The van der Waals surface area contributed by atoms with E-state index in [1.54, 1.807) is 0 Å². The Morgan fingerprint density at radius 3 is 2.85 bits per heavy atom. The van der Waals surface area contributed by atoms with Gasteiger partial charge in [-0.25, -0.2) is 0 Å². The van der Waals surface area contributed by atoms with Crippen molar-refractivity contribution >= 4 is 11.6 Å². The molecule has 2 aliphatic rings. The van der Waals surface area contributed by atoms with Crippen LogP contribution in [-0.2, 0) is 16.1 Å². The summed E-state index contributed by atoms with van der Waals surface area (Å²) in [6.07, 6.45) is 5.53. The lowest BCUT2D eigenvalue weighted by Gasteiger charge is -2.14. The number of rotatable bonds is 7. The topological polar surface area (TPSA) is 30.5 Å². The molecule has 1 aromatic carbocycles. The highest BCUT2D eigenvalue weighted by Crippen LogP contribution is 2.23. The molecule has 1 saturated carbocycles. The van der Waals surface area contributed by atoms with Gasteiger partial charge in [-0.3, -0.25) is 0 Å². The molecule has 0 bridgehead atoms. The Bertz CT molecular complexity index is 436. The Morgan fingerprint density at radius 2 is 2.05 bits per heavy atom. The predicted octanol–water partition coefficient (Wildman–Crippen LogP) is 3.16. The lowest BCUT2D eigenvalue weighted by molar-refractivity contribution is -0.0190. The zero-order valence-corrected chi connectivity index (χ0v) is 12.4. The molecule has 0 aromatic heterocycles. The molecule has 0 spiro atoms. The first-order valence-corrected chi connectivity index (χ1v) is 7.88. The average molecular weight is 296 g/mol. The molecule has 2 fully saturated rings. The Kier molecular flexibility index (Phi) is 4.94. The van der Waals surface area contributed by atoms with E-state index in [4.69, 9.17) is 21.1 Å². The molecular weight excluding hydrogens is 274 g/mol. The Labute approximate surface area is 125 Å². The third-order valence-corrected chi connectivity index (χ3v) is 4.10. The van der Waals surface area contributed by atoms with Crippen LogP contribution in [0.3, 0.4) is 0 Å². The molecule has 4 heteroatoms. The van der Waals surface area contributed by atoms with Crippen molar-refractivity contribution in [2.24, 2.45) is 0 Å². The number of benzene rings is 1. The van der Waals surface area contributed by atoms with Gasteiger partial charge >= 0.3 is 0 Å². The highest BCUT2D eigenvalue weighted by Gasteiger charge is 2.27. The monoisotopic (exact) mass is 295 g/mol. The summed E-state index contributed by atoms with van der Waals surface area (Å²) in [7, 11) is 0. The summed E-state index contributed by atoms with van der Waals surface area (Å²) >= 11 is 5.95. The standard InChI is InChI=1S/C16H22ClNO2/c17-13-3-1-2-12(8-13)10-19-11-16-7-6-15(20-16)9-18-14-4-5-14/h1-3,8,14-16,18H,4-7,9-11H2. The van der Waals surface area contributed by atoms with Gasteiger partial charge in [0.15, 0.2) is 0 Å². The van der Waals surface area contributed by atoms with Crippen LogP contribution in [0, 0.1) is 0 Å². The first-order valence-electron chi connectivity index (χ1n) is 7.50. The van der Waals surface area contributed by atoms with Crippen molar-refractivity contribution in [3.63, 3.8) is 0 Å². The number of nitrogens with one attached hydrogen (secondary N) is 1. The second-order valence-corrected chi connectivity index (χ2v) is 6.22. The smallest absolute Gasteiger partial charge is 0.0814 e. The van der Waals surface area contributed by atoms with Gasteiger partial charge in [-0.1, -0.05) is 23.7 Å². The summed E-state index contributed by atoms with van der Waals surface area (Å²) in [5.74, 6) is 0. The number of hydrogen-bond donors (Lipinski definition) is 1. The van der Waals surface area contributed by atoms with Gasteiger partial charge in [-0.15, -0.1) is 0 Å². The molecule has 2 unspecified atom stereocenters. The van der Waals surface area contributed by atoms with Gasteiger partial charge in [0.1, 0.15) is 0 Å². The second kappa shape index (κ2) is 6.90. The molecule has 3 rings (SSSR count). The van der Waals surface area contributed by atoms with E-state index >= 15 is 0 Å². The zero-order valence-electron chi connectivity index (χ0n) is 11.7. The summed E-state index contributed by atoms with van der Waals surface area (Å²) in [6.45, 7) is 2.27. The van der Waals surface area contributed by atoms with Gasteiger partial charge in [0, 0.05) is 17.6 Å². The van der Waals surface area contributed by atoms with E-state index in [2.05, 4.69) is 5.32 Å². The molecule has 1 aliphatic carbocycles. The third kappa shape index (κ3) is 4.45. The van der Waals surface area contributed by atoms with Crippen molar-refractivity contribution in [3.05, 3.63) is 34.9 Å². The van der Waals surface area contributed by atoms with E-state index in [1.165, 1.54) is 12.8 Å². The third-order valence-electron chi connectivity index (χ3n) is 3.87. The van der Waals surface area contributed by atoms with E-state index in [-0.39, 0.29) is 6.10 Å². The lowest BCUT2D eigenvalue weighted by atomic mass is 10.2. The summed E-state index contributed by atoms with van der Waals surface area (Å²) in [5.41, 5.74) is 1.11. The number of ether oxygens (including phenoxy) is 2. The van der Waals surface area contributed by atoms with E-state index in [1.807, 2.05) is 24.3 Å². The highest BCUT2D eigenvalue weighted by atomic mass is 35.5. The molecule has 110 valence electrons. The fraction of sp³-hybridized carbons (Fsp3) is 0.625. The molecule has 1 saturated heterocycles. The summed E-state index contributed by atoms with van der Waals surface area (Å²) < 4.78 is 11.7. The Balaban J connectivity index is 1.32. The van der Waals surface area contributed by atoms with E-state index in [0.29, 0.717) is 19.3 Å². The zero-order chi connectivity index (χ0) is 13.8. The molecule has 1 N–H and O–H groups in total. The van der Waals surface area contributed by atoms with E-state index in [9.17, 15) is 0 Å². The molecule has 1 heterocycles. The first-order chi connectivity index (χ1) is 9.79. The van der Waals surface area contributed by atoms with Crippen LogP contribution in [0.5, 0.6) is 0 Å². The minimum Gasteiger partial charge on any atom is -0.374 e. The summed E-state index contributed by atoms with van der Waals surface area (Å²) in [6, 6.07) is 8.56. The van der Waals surface area contributed by atoms with Gasteiger partial charge in [0.25, 0.3) is 0 Å². The lowest BCUT2D eigenvalue weighted by Crippen LogP contribution is -2.29. The van der Waals surface area contributed by atoms with Crippen molar-refractivity contribution in [2.75, 3.05) is 13.2 Å². The Hall–Kier alpha value is -0.610. The molecular formula is C16H22ClNO2. The van der Waals surface area contributed by atoms with Crippen LogP contribution in [0.25, 0.3) is 0 Å². The minimum atomic E-state index is 0.250.